The first-order valence-corrected chi connectivity index (χ1v) is 3.70. The van der Waals surface area contributed by atoms with Gasteiger partial charge >= 0.3 is 0 Å². The van der Waals surface area contributed by atoms with Crippen LogP contribution in [0.3, 0.4) is 0 Å². The summed E-state index contributed by atoms with van der Waals surface area (Å²) in [6.07, 6.45) is 0. The first-order chi connectivity index (χ1) is 4.20. The van der Waals surface area contributed by atoms with Crippen molar-refractivity contribution in [1.82, 2.24) is 4.90 Å². The minimum Gasteiger partial charge on any atom is -0.325 e. The molecule has 10 heavy (non-hydrogen) atoms. The van der Waals surface area contributed by atoms with E-state index in [1.807, 2.05) is 0 Å². The Balaban J connectivity index is 0. The predicted octanol–water partition coefficient (Wildman–Crippen LogP) is -0.572. The average molecular weight is 220 g/mol. The van der Waals surface area contributed by atoms with E-state index >= 15 is 0 Å². The molecule has 0 rings (SSSR count). The Labute approximate surface area is 89.8 Å². The third-order valence-electron chi connectivity index (χ3n) is 1.68. The van der Waals surface area contributed by atoms with Gasteiger partial charge < -0.3 is 4.90 Å². The van der Waals surface area contributed by atoms with Gasteiger partial charge in [0.2, 0.25) is 0 Å². The predicted molar refractivity (Wildman–Crippen MR) is 40.6 cm³/mol. The van der Waals surface area contributed by atoms with Crippen molar-refractivity contribution in [2.45, 2.75) is 13.8 Å². The summed E-state index contributed by atoms with van der Waals surface area (Å²) in [5.74, 6) is 0. The molecule has 0 aliphatic heterocycles. The van der Waals surface area contributed by atoms with Crippen molar-refractivity contribution in [1.29, 1.82) is 0 Å². The van der Waals surface area contributed by atoms with E-state index in [0.29, 0.717) is 0 Å². The number of rotatable bonds is 4. The van der Waals surface area contributed by atoms with E-state index in [-0.39, 0.29) is 32.7 Å². The fraction of sp³-hybridized carbons (Fsp3) is 1.00. The van der Waals surface area contributed by atoms with Gasteiger partial charge in [0.05, 0.1) is 13.6 Å². The maximum Gasteiger partial charge on any atom is 0.133 e. The number of quaternary nitrogens is 1. The number of nitrogens with one attached hydrogen (secondary N) is 1. The van der Waals surface area contributed by atoms with E-state index in [1.165, 1.54) is 6.54 Å². The standard InChI is InChI=1S/C7H18N2.Y/c1-5-8(3)7-9(4)6-2;/h5-7H2,1-4H3;/p+1. The second-order valence-corrected chi connectivity index (χ2v) is 2.64. The van der Waals surface area contributed by atoms with Gasteiger partial charge in [0.15, 0.2) is 0 Å². The third-order valence-corrected chi connectivity index (χ3v) is 1.68. The van der Waals surface area contributed by atoms with Crippen LogP contribution in [-0.4, -0.2) is 38.8 Å². The Morgan fingerprint density at radius 2 is 1.80 bits per heavy atom. The fourth-order valence-corrected chi connectivity index (χ4v) is 0.684. The van der Waals surface area contributed by atoms with Crippen LogP contribution >= 0.6 is 0 Å². The molecular formula is C7H19N2Y+. The Kier molecular flexibility index (Phi) is 11.1. The van der Waals surface area contributed by atoms with Crippen molar-refractivity contribution >= 4 is 0 Å². The molecule has 0 aromatic heterocycles. The van der Waals surface area contributed by atoms with Crippen molar-refractivity contribution < 1.29 is 37.6 Å². The summed E-state index contributed by atoms with van der Waals surface area (Å²) in [5.41, 5.74) is 0. The Bertz CT molecular complexity index is 60.6. The van der Waals surface area contributed by atoms with Crippen LogP contribution < -0.4 is 4.90 Å². The largest absolute Gasteiger partial charge is 0.325 e. The maximum atomic E-state index is 2.32. The molecule has 1 N–H and O–H groups in total. The number of hydrogen-bond donors (Lipinski definition) is 1. The van der Waals surface area contributed by atoms with Crippen molar-refractivity contribution in [3.8, 4) is 0 Å². The van der Waals surface area contributed by atoms with Gasteiger partial charge in [-0.1, -0.05) is 6.92 Å². The second-order valence-electron chi connectivity index (χ2n) is 2.64. The zero-order valence-electron chi connectivity index (χ0n) is 7.65. The maximum absolute atomic E-state index is 2.32. The van der Waals surface area contributed by atoms with Gasteiger partial charge in [-0.25, -0.2) is 0 Å². The zero-order valence-corrected chi connectivity index (χ0v) is 10.5. The summed E-state index contributed by atoms with van der Waals surface area (Å²) in [5, 5.41) is 0. The first kappa shape index (κ1) is 13.6. The van der Waals surface area contributed by atoms with Gasteiger partial charge in [-0.3, -0.25) is 4.90 Å². The molecule has 0 aliphatic rings. The summed E-state index contributed by atoms with van der Waals surface area (Å²) in [4.78, 5) is 3.89. The van der Waals surface area contributed by atoms with Gasteiger partial charge in [-0.2, -0.15) is 0 Å². The van der Waals surface area contributed by atoms with Crippen LogP contribution in [0.4, 0.5) is 0 Å². The SMILES string of the molecule is CCN(C)C[NH+](C)CC.[Y]. The Morgan fingerprint density at radius 1 is 1.30 bits per heavy atom. The topological polar surface area (TPSA) is 7.68 Å². The van der Waals surface area contributed by atoms with Crippen molar-refractivity contribution in [2.75, 3.05) is 33.9 Å². The molecule has 0 aromatic carbocycles. The zero-order chi connectivity index (χ0) is 7.28. The molecular weight excluding hydrogens is 201 g/mol. The van der Waals surface area contributed by atoms with Gasteiger partial charge in [0.1, 0.15) is 6.67 Å². The second kappa shape index (κ2) is 8.12. The number of hydrogen-bond acceptors (Lipinski definition) is 1. The monoisotopic (exact) mass is 220 g/mol. The smallest absolute Gasteiger partial charge is 0.133 e. The number of nitrogens with zero attached hydrogens (tertiary/aromatic N) is 1. The Morgan fingerprint density at radius 3 is 2.10 bits per heavy atom. The molecule has 0 aliphatic carbocycles. The summed E-state index contributed by atoms with van der Waals surface area (Å²) >= 11 is 0. The summed E-state index contributed by atoms with van der Waals surface area (Å²) < 4.78 is 0. The van der Waals surface area contributed by atoms with Gasteiger partial charge in [-0.05, 0) is 14.0 Å². The summed E-state index contributed by atoms with van der Waals surface area (Å²) in [7, 11) is 4.37. The Hall–Kier alpha value is 1.02. The molecule has 1 atom stereocenters. The summed E-state index contributed by atoms with van der Waals surface area (Å²) in [6.45, 7) is 7.91. The van der Waals surface area contributed by atoms with Crippen molar-refractivity contribution in [2.24, 2.45) is 0 Å². The molecule has 0 fully saturated rings. The van der Waals surface area contributed by atoms with E-state index in [4.69, 9.17) is 0 Å². The third kappa shape index (κ3) is 7.13. The normalized spacial score (nSPS) is 12.9. The molecule has 1 radical (unpaired) electrons. The minimum atomic E-state index is 0. The van der Waals surface area contributed by atoms with Crippen LogP contribution in [-0.2, 0) is 32.7 Å². The van der Waals surface area contributed by atoms with E-state index < -0.39 is 0 Å². The van der Waals surface area contributed by atoms with Crippen LogP contribution in [0.25, 0.3) is 0 Å². The van der Waals surface area contributed by atoms with Crippen molar-refractivity contribution in [3.05, 3.63) is 0 Å². The molecule has 2 nitrogen and oxygen atoms in total. The molecule has 0 saturated carbocycles. The molecule has 0 amide bonds. The van der Waals surface area contributed by atoms with Crippen LogP contribution in [0.1, 0.15) is 13.8 Å². The van der Waals surface area contributed by atoms with E-state index in [1.54, 1.807) is 4.90 Å². The average Bonchev–Trinajstić information content (AvgIpc) is 1.87. The van der Waals surface area contributed by atoms with E-state index in [0.717, 1.165) is 13.2 Å². The molecule has 0 saturated heterocycles. The van der Waals surface area contributed by atoms with Crippen LogP contribution in [0.5, 0.6) is 0 Å². The fourth-order valence-electron chi connectivity index (χ4n) is 0.684. The van der Waals surface area contributed by atoms with Gasteiger partial charge in [0, 0.05) is 39.3 Å². The van der Waals surface area contributed by atoms with E-state index in [9.17, 15) is 0 Å². The molecule has 1 unspecified atom stereocenters. The van der Waals surface area contributed by atoms with Gasteiger partial charge in [-0.15, -0.1) is 0 Å². The molecule has 0 heterocycles. The van der Waals surface area contributed by atoms with E-state index in [2.05, 4.69) is 32.8 Å². The van der Waals surface area contributed by atoms with Crippen molar-refractivity contribution in [3.63, 3.8) is 0 Å². The molecule has 0 spiro atoms. The van der Waals surface area contributed by atoms with Gasteiger partial charge in [0.25, 0.3) is 0 Å². The molecule has 59 valence electrons. The quantitative estimate of drug-likeness (QED) is 0.623. The van der Waals surface area contributed by atoms with Crippen LogP contribution in [0.2, 0.25) is 0 Å². The molecule has 3 heteroatoms. The molecule has 0 aromatic rings. The first-order valence-electron chi connectivity index (χ1n) is 3.70. The van der Waals surface area contributed by atoms with Crippen LogP contribution in [0, 0.1) is 0 Å². The molecule has 0 bridgehead atoms. The summed E-state index contributed by atoms with van der Waals surface area (Å²) in [6, 6.07) is 0. The minimum absolute atomic E-state index is 0. The van der Waals surface area contributed by atoms with Crippen LogP contribution in [0.15, 0.2) is 0 Å².